The molecule has 35 heavy (non-hydrogen) atoms. The van der Waals surface area contributed by atoms with Gasteiger partial charge in [0, 0.05) is 30.0 Å². The van der Waals surface area contributed by atoms with Crippen LogP contribution in [0, 0.1) is 0 Å². The Bertz CT molecular complexity index is 1090. The van der Waals surface area contributed by atoms with E-state index in [2.05, 4.69) is 34.9 Å². The van der Waals surface area contributed by atoms with Gasteiger partial charge < -0.3 is 20.3 Å². The van der Waals surface area contributed by atoms with E-state index in [-0.39, 0.29) is 18.4 Å². The lowest BCUT2D eigenvalue weighted by Gasteiger charge is -2.26. The first-order valence-electron chi connectivity index (χ1n) is 12.4. The van der Waals surface area contributed by atoms with Gasteiger partial charge in [-0.1, -0.05) is 36.4 Å². The van der Waals surface area contributed by atoms with Gasteiger partial charge in [0.05, 0.1) is 13.2 Å². The fourth-order valence-corrected chi connectivity index (χ4v) is 4.18. The molecule has 6 nitrogen and oxygen atoms in total. The van der Waals surface area contributed by atoms with Crippen molar-refractivity contribution < 1.29 is 14.3 Å². The number of rotatable bonds is 10. The minimum Gasteiger partial charge on any atom is -0.494 e. The van der Waals surface area contributed by atoms with Crippen molar-refractivity contribution in [2.75, 3.05) is 36.9 Å². The molecule has 6 heteroatoms. The molecular formula is C29H33N3O3. The average molecular weight is 472 g/mol. The Morgan fingerprint density at radius 3 is 2.37 bits per heavy atom. The maximum atomic E-state index is 12.7. The summed E-state index contributed by atoms with van der Waals surface area (Å²) in [6.45, 7) is 2.39. The van der Waals surface area contributed by atoms with E-state index in [1.54, 1.807) is 24.3 Å². The van der Waals surface area contributed by atoms with Crippen LogP contribution in [-0.4, -0.2) is 43.0 Å². The van der Waals surface area contributed by atoms with Gasteiger partial charge >= 0.3 is 0 Å². The fourth-order valence-electron chi connectivity index (χ4n) is 4.18. The van der Waals surface area contributed by atoms with Gasteiger partial charge in [-0.25, -0.2) is 0 Å². The van der Waals surface area contributed by atoms with E-state index in [4.69, 9.17) is 4.74 Å². The van der Waals surface area contributed by atoms with Crippen LogP contribution in [0.3, 0.4) is 0 Å². The Hall–Kier alpha value is -3.80. The Morgan fingerprint density at radius 2 is 1.60 bits per heavy atom. The molecule has 0 saturated carbocycles. The highest BCUT2D eigenvalue weighted by molar-refractivity contribution is 5.98. The average Bonchev–Trinajstić information content (AvgIpc) is 2.91. The predicted octanol–water partition coefficient (Wildman–Crippen LogP) is 5.37. The first-order valence-corrected chi connectivity index (χ1v) is 12.4. The molecule has 2 N–H and O–H groups in total. The van der Waals surface area contributed by atoms with Crippen LogP contribution in [0.25, 0.3) is 0 Å². The maximum absolute atomic E-state index is 12.7. The van der Waals surface area contributed by atoms with Crippen LogP contribution in [0.1, 0.15) is 41.6 Å². The van der Waals surface area contributed by atoms with Crippen molar-refractivity contribution in [2.45, 2.75) is 32.1 Å². The Kier molecular flexibility index (Phi) is 8.76. The smallest absolute Gasteiger partial charge is 0.253 e. The number of hydrogen-bond donors (Lipinski definition) is 2. The van der Waals surface area contributed by atoms with Gasteiger partial charge in [-0.15, -0.1) is 0 Å². The van der Waals surface area contributed by atoms with Crippen molar-refractivity contribution in [3.8, 4) is 5.75 Å². The van der Waals surface area contributed by atoms with Gasteiger partial charge in [0.15, 0.2) is 0 Å². The van der Waals surface area contributed by atoms with Gasteiger partial charge in [0.25, 0.3) is 5.91 Å². The lowest BCUT2D eigenvalue weighted by molar-refractivity contribution is -0.114. The molecular weight excluding hydrogens is 438 g/mol. The summed E-state index contributed by atoms with van der Waals surface area (Å²) < 4.78 is 5.82. The van der Waals surface area contributed by atoms with E-state index in [0.29, 0.717) is 17.9 Å². The molecule has 1 fully saturated rings. The molecule has 0 radical (unpaired) electrons. The molecule has 1 aliphatic rings. The molecule has 3 aromatic carbocycles. The number of likely N-dealkylation sites (tertiary alicyclic amines) is 1. The largest absolute Gasteiger partial charge is 0.494 e. The Morgan fingerprint density at radius 1 is 0.829 bits per heavy atom. The zero-order chi connectivity index (χ0) is 24.3. The molecule has 2 amide bonds. The van der Waals surface area contributed by atoms with E-state index in [0.717, 1.165) is 50.2 Å². The van der Waals surface area contributed by atoms with Gasteiger partial charge in [-0.2, -0.15) is 0 Å². The van der Waals surface area contributed by atoms with Crippen molar-refractivity contribution in [2.24, 2.45) is 0 Å². The molecule has 182 valence electrons. The summed E-state index contributed by atoms with van der Waals surface area (Å²) >= 11 is 0. The molecule has 1 heterocycles. The number of nitrogens with one attached hydrogen (secondary N) is 2. The third-order valence-corrected chi connectivity index (χ3v) is 6.07. The van der Waals surface area contributed by atoms with Crippen LogP contribution in [0.5, 0.6) is 5.75 Å². The Balaban J connectivity index is 1.19. The minimum absolute atomic E-state index is 0.0290. The number of hydrogen-bond acceptors (Lipinski definition) is 4. The van der Waals surface area contributed by atoms with E-state index in [1.807, 2.05) is 35.2 Å². The van der Waals surface area contributed by atoms with Gasteiger partial charge in [0.2, 0.25) is 5.91 Å². The molecule has 0 spiro atoms. The van der Waals surface area contributed by atoms with Crippen LogP contribution in [0.15, 0.2) is 78.9 Å². The van der Waals surface area contributed by atoms with Crippen molar-refractivity contribution in [3.63, 3.8) is 0 Å². The molecule has 1 aliphatic heterocycles. The number of amides is 2. The van der Waals surface area contributed by atoms with Crippen molar-refractivity contribution in [1.82, 2.24) is 4.90 Å². The van der Waals surface area contributed by atoms with E-state index in [1.165, 1.54) is 12.0 Å². The van der Waals surface area contributed by atoms with Gasteiger partial charge in [0.1, 0.15) is 5.75 Å². The molecule has 0 aromatic heterocycles. The second-order valence-corrected chi connectivity index (χ2v) is 8.80. The third-order valence-electron chi connectivity index (χ3n) is 6.07. The van der Waals surface area contributed by atoms with E-state index < -0.39 is 0 Å². The number of benzene rings is 3. The first kappa shape index (κ1) is 24.3. The minimum atomic E-state index is -0.172. The number of piperidine rings is 1. The second kappa shape index (κ2) is 12.6. The standard InChI is InChI=1S/C29H33N3O3/c33-28(31-26-13-7-12-24(21-26)29(34)32-18-5-2-6-19-32)22-30-25-14-16-27(17-15-25)35-20-8-11-23-9-3-1-4-10-23/h1,3-4,7,9-10,12-17,21,30H,2,5-6,8,11,18-20,22H2,(H,31,33). The number of ether oxygens (including phenoxy) is 1. The van der Waals surface area contributed by atoms with Crippen LogP contribution >= 0.6 is 0 Å². The maximum Gasteiger partial charge on any atom is 0.253 e. The zero-order valence-electron chi connectivity index (χ0n) is 20.0. The highest BCUT2D eigenvalue weighted by Gasteiger charge is 2.18. The highest BCUT2D eigenvalue weighted by Crippen LogP contribution is 2.18. The summed E-state index contributed by atoms with van der Waals surface area (Å²) in [6, 6.07) is 25.1. The quantitative estimate of drug-likeness (QED) is 0.390. The number of aryl methyl sites for hydroxylation is 1. The van der Waals surface area contributed by atoms with Crippen LogP contribution in [0.4, 0.5) is 11.4 Å². The van der Waals surface area contributed by atoms with Crippen molar-refractivity contribution >= 4 is 23.2 Å². The number of carbonyl (C=O) groups excluding carboxylic acids is 2. The fraction of sp³-hybridized carbons (Fsp3) is 0.310. The summed E-state index contributed by atoms with van der Waals surface area (Å²) in [5.41, 5.74) is 3.39. The van der Waals surface area contributed by atoms with Crippen molar-refractivity contribution in [1.29, 1.82) is 0 Å². The van der Waals surface area contributed by atoms with Crippen molar-refractivity contribution in [3.05, 3.63) is 90.0 Å². The van der Waals surface area contributed by atoms with Gasteiger partial charge in [-0.05, 0) is 80.1 Å². The van der Waals surface area contributed by atoms with E-state index >= 15 is 0 Å². The van der Waals surface area contributed by atoms with Crippen LogP contribution in [0.2, 0.25) is 0 Å². The lowest BCUT2D eigenvalue weighted by atomic mass is 10.1. The summed E-state index contributed by atoms with van der Waals surface area (Å²) in [7, 11) is 0. The normalized spacial score (nSPS) is 13.2. The number of anilines is 2. The van der Waals surface area contributed by atoms with Gasteiger partial charge in [-0.3, -0.25) is 9.59 Å². The molecule has 0 atom stereocenters. The molecule has 0 unspecified atom stereocenters. The second-order valence-electron chi connectivity index (χ2n) is 8.80. The summed E-state index contributed by atoms with van der Waals surface area (Å²) in [6.07, 6.45) is 5.22. The van der Waals surface area contributed by atoms with E-state index in [9.17, 15) is 9.59 Å². The third kappa shape index (κ3) is 7.60. The topological polar surface area (TPSA) is 70.7 Å². The van der Waals surface area contributed by atoms with Crippen LogP contribution < -0.4 is 15.4 Å². The highest BCUT2D eigenvalue weighted by atomic mass is 16.5. The molecule has 4 rings (SSSR count). The first-order chi connectivity index (χ1) is 17.2. The predicted molar refractivity (Wildman–Crippen MR) is 140 cm³/mol. The molecule has 1 saturated heterocycles. The summed E-state index contributed by atoms with van der Waals surface area (Å²) in [5.74, 6) is 0.665. The summed E-state index contributed by atoms with van der Waals surface area (Å²) in [4.78, 5) is 27.0. The molecule has 0 bridgehead atoms. The molecule has 3 aromatic rings. The zero-order valence-corrected chi connectivity index (χ0v) is 20.0. The summed E-state index contributed by atoms with van der Waals surface area (Å²) in [5, 5.41) is 6.00. The SMILES string of the molecule is O=C(CNc1ccc(OCCCc2ccccc2)cc1)Nc1cccc(C(=O)N2CCCCC2)c1. The Labute approximate surface area is 207 Å². The lowest BCUT2D eigenvalue weighted by Crippen LogP contribution is -2.35. The number of nitrogens with zero attached hydrogens (tertiary/aromatic N) is 1. The number of carbonyl (C=O) groups is 2. The molecule has 0 aliphatic carbocycles. The van der Waals surface area contributed by atoms with Crippen LogP contribution in [-0.2, 0) is 11.2 Å². The monoisotopic (exact) mass is 471 g/mol.